The maximum absolute atomic E-state index is 13.0. The van der Waals surface area contributed by atoms with E-state index < -0.39 is 22.0 Å². The molecule has 31 heavy (non-hydrogen) atoms. The van der Waals surface area contributed by atoms with Crippen LogP contribution in [0.2, 0.25) is 0 Å². The first-order chi connectivity index (χ1) is 14.7. The highest BCUT2D eigenvalue weighted by Crippen LogP contribution is 2.35. The van der Waals surface area contributed by atoms with Gasteiger partial charge in [0.05, 0.1) is 23.2 Å². The molecule has 3 rings (SSSR count). The van der Waals surface area contributed by atoms with Gasteiger partial charge in [-0.25, -0.2) is 8.42 Å². The summed E-state index contributed by atoms with van der Waals surface area (Å²) in [5.74, 6) is -0.502. The van der Waals surface area contributed by atoms with Crippen LogP contribution in [0.15, 0.2) is 55.1 Å². The number of benzene rings is 2. The smallest absolute Gasteiger partial charge is 0.265 e. The van der Waals surface area contributed by atoms with Crippen molar-refractivity contribution >= 4 is 33.2 Å². The lowest BCUT2D eigenvalue weighted by molar-refractivity contribution is -0.122. The fourth-order valence-corrected chi connectivity index (χ4v) is 4.22. The van der Waals surface area contributed by atoms with Crippen LogP contribution < -0.4 is 19.7 Å². The van der Waals surface area contributed by atoms with Gasteiger partial charge in [-0.2, -0.15) is 0 Å². The molecule has 2 aromatic rings. The molecule has 0 aliphatic carbocycles. The quantitative estimate of drug-likeness (QED) is 0.668. The standard InChI is InChI=1S/C22H25N3O5S/c1-4-12-23-21(26)16-7-5-6-8-17(16)24-22(27)20-11-13-25(31(3,28)29)18-14-15(2)9-10-19(18)30-20/h4-10,14,20H,1,11-13H2,2-3H3,(H,23,26)(H,24,27)/t20-/m1/s1. The van der Waals surface area contributed by atoms with Crippen molar-refractivity contribution in [3.8, 4) is 5.75 Å². The number of nitrogens with one attached hydrogen (secondary N) is 2. The number of fused-ring (bicyclic) bond motifs is 1. The first kappa shape index (κ1) is 22.4. The number of amides is 2. The topological polar surface area (TPSA) is 105 Å². The summed E-state index contributed by atoms with van der Waals surface area (Å²) in [7, 11) is -3.55. The number of ether oxygens (including phenoxy) is 1. The van der Waals surface area contributed by atoms with Gasteiger partial charge in [-0.15, -0.1) is 6.58 Å². The number of sulfonamides is 1. The first-order valence-electron chi connectivity index (χ1n) is 9.74. The van der Waals surface area contributed by atoms with Gasteiger partial charge in [-0.05, 0) is 36.8 Å². The molecule has 2 aromatic carbocycles. The third kappa shape index (κ3) is 5.24. The van der Waals surface area contributed by atoms with E-state index in [1.165, 1.54) is 4.31 Å². The zero-order valence-electron chi connectivity index (χ0n) is 17.4. The van der Waals surface area contributed by atoms with Gasteiger partial charge in [0.15, 0.2) is 6.10 Å². The second kappa shape index (κ2) is 9.22. The van der Waals surface area contributed by atoms with Crippen molar-refractivity contribution < 1.29 is 22.7 Å². The second-order valence-electron chi connectivity index (χ2n) is 7.24. The first-order valence-corrected chi connectivity index (χ1v) is 11.6. The normalized spacial score (nSPS) is 15.8. The SMILES string of the molecule is C=CCNC(=O)c1ccccc1NC(=O)[C@H]1CCN(S(C)(=O)=O)c2cc(C)ccc2O1. The Kier molecular flexibility index (Phi) is 6.65. The summed E-state index contributed by atoms with van der Waals surface area (Å²) in [6.45, 7) is 5.81. The fourth-order valence-electron chi connectivity index (χ4n) is 3.28. The maximum Gasteiger partial charge on any atom is 0.265 e. The third-order valence-corrected chi connectivity index (χ3v) is 5.96. The molecule has 164 valence electrons. The molecule has 1 aliphatic rings. The summed E-state index contributed by atoms with van der Waals surface area (Å²) in [5.41, 5.74) is 1.92. The van der Waals surface area contributed by atoms with Crippen LogP contribution in [-0.4, -0.2) is 45.7 Å². The molecular formula is C22H25N3O5S. The zero-order valence-corrected chi connectivity index (χ0v) is 18.2. The van der Waals surface area contributed by atoms with E-state index in [1.807, 2.05) is 6.92 Å². The van der Waals surface area contributed by atoms with Gasteiger partial charge in [-0.1, -0.05) is 24.3 Å². The van der Waals surface area contributed by atoms with Gasteiger partial charge >= 0.3 is 0 Å². The molecule has 8 nitrogen and oxygen atoms in total. The Morgan fingerprint density at radius 3 is 2.71 bits per heavy atom. The van der Waals surface area contributed by atoms with Crippen molar-refractivity contribution in [1.29, 1.82) is 0 Å². The molecule has 1 aliphatic heterocycles. The van der Waals surface area contributed by atoms with Crippen LogP contribution in [0.25, 0.3) is 0 Å². The van der Waals surface area contributed by atoms with E-state index in [0.29, 0.717) is 29.2 Å². The van der Waals surface area contributed by atoms with Crippen molar-refractivity contribution in [2.75, 3.05) is 29.0 Å². The van der Waals surface area contributed by atoms with Crippen molar-refractivity contribution in [1.82, 2.24) is 5.32 Å². The summed E-state index contributed by atoms with van der Waals surface area (Å²) in [6, 6.07) is 11.8. The average Bonchev–Trinajstić information content (AvgIpc) is 2.91. The lowest BCUT2D eigenvalue weighted by Crippen LogP contribution is -2.36. The Labute approximate surface area is 181 Å². The van der Waals surface area contributed by atoms with Crippen molar-refractivity contribution in [3.05, 3.63) is 66.2 Å². The minimum atomic E-state index is -3.55. The number of nitrogens with zero attached hydrogens (tertiary/aromatic N) is 1. The molecule has 9 heteroatoms. The Morgan fingerprint density at radius 1 is 1.26 bits per heavy atom. The number of rotatable bonds is 6. The minimum absolute atomic E-state index is 0.0921. The van der Waals surface area contributed by atoms with Gasteiger partial charge < -0.3 is 15.4 Å². The molecule has 0 unspecified atom stereocenters. The molecule has 0 spiro atoms. The highest BCUT2D eigenvalue weighted by molar-refractivity contribution is 7.92. The van der Waals surface area contributed by atoms with Crippen LogP contribution in [0.3, 0.4) is 0 Å². The maximum atomic E-state index is 13.0. The lowest BCUT2D eigenvalue weighted by Gasteiger charge is -2.21. The highest BCUT2D eigenvalue weighted by Gasteiger charge is 2.31. The molecule has 0 fully saturated rings. The Balaban J connectivity index is 1.85. The van der Waals surface area contributed by atoms with Crippen LogP contribution in [0, 0.1) is 6.92 Å². The summed E-state index contributed by atoms with van der Waals surface area (Å²) < 4.78 is 31.8. The summed E-state index contributed by atoms with van der Waals surface area (Å²) in [6.07, 6.45) is 1.90. The predicted octanol–water partition coefficient (Wildman–Crippen LogP) is 2.47. The Bertz CT molecular complexity index is 1110. The largest absolute Gasteiger partial charge is 0.478 e. The van der Waals surface area contributed by atoms with E-state index in [2.05, 4.69) is 17.2 Å². The zero-order chi connectivity index (χ0) is 22.6. The van der Waals surface area contributed by atoms with Crippen LogP contribution in [-0.2, 0) is 14.8 Å². The molecule has 0 saturated heterocycles. The molecule has 0 aromatic heterocycles. The van der Waals surface area contributed by atoms with E-state index in [1.54, 1.807) is 48.5 Å². The summed E-state index contributed by atoms with van der Waals surface area (Å²) >= 11 is 0. The van der Waals surface area contributed by atoms with E-state index in [4.69, 9.17) is 4.74 Å². The van der Waals surface area contributed by atoms with Crippen molar-refractivity contribution in [3.63, 3.8) is 0 Å². The number of hydrogen-bond donors (Lipinski definition) is 2. The minimum Gasteiger partial charge on any atom is -0.478 e. The molecular weight excluding hydrogens is 418 g/mol. The van der Waals surface area contributed by atoms with E-state index >= 15 is 0 Å². The Hall–Kier alpha value is -3.33. The average molecular weight is 444 g/mol. The number of carbonyl (C=O) groups excluding carboxylic acids is 2. The van der Waals surface area contributed by atoms with Crippen LogP contribution in [0.4, 0.5) is 11.4 Å². The van der Waals surface area contributed by atoms with Gasteiger partial charge in [0.1, 0.15) is 5.75 Å². The third-order valence-electron chi connectivity index (χ3n) is 4.78. The Morgan fingerprint density at radius 2 is 2.00 bits per heavy atom. The van der Waals surface area contributed by atoms with E-state index in [0.717, 1.165) is 11.8 Å². The van der Waals surface area contributed by atoms with Gasteiger partial charge in [0.25, 0.3) is 11.8 Å². The molecule has 1 heterocycles. The molecule has 0 bridgehead atoms. The number of carbonyl (C=O) groups is 2. The number of hydrogen-bond acceptors (Lipinski definition) is 5. The number of para-hydroxylation sites is 1. The molecule has 2 N–H and O–H groups in total. The van der Waals surface area contributed by atoms with Crippen molar-refractivity contribution in [2.45, 2.75) is 19.4 Å². The van der Waals surface area contributed by atoms with Gasteiger partial charge in [0, 0.05) is 19.5 Å². The van der Waals surface area contributed by atoms with Crippen LogP contribution in [0.5, 0.6) is 5.75 Å². The van der Waals surface area contributed by atoms with Gasteiger partial charge in [0.2, 0.25) is 10.0 Å². The van der Waals surface area contributed by atoms with Crippen LogP contribution in [0.1, 0.15) is 22.3 Å². The molecule has 2 amide bonds. The van der Waals surface area contributed by atoms with Gasteiger partial charge in [-0.3, -0.25) is 13.9 Å². The molecule has 0 radical (unpaired) electrons. The van der Waals surface area contributed by atoms with E-state index in [-0.39, 0.29) is 18.9 Å². The van der Waals surface area contributed by atoms with Crippen molar-refractivity contribution in [2.24, 2.45) is 0 Å². The predicted molar refractivity (Wildman–Crippen MR) is 120 cm³/mol. The highest BCUT2D eigenvalue weighted by atomic mass is 32.2. The molecule has 1 atom stereocenters. The molecule has 0 saturated carbocycles. The van der Waals surface area contributed by atoms with E-state index in [9.17, 15) is 18.0 Å². The number of aryl methyl sites for hydroxylation is 1. The lowest BCUT2D eigenvalue weighted by atomic mass is 10.1. The summed E-state index contributed by atoms with van der Waals surface area (Å²) in [4.78, 5) is 25.4. The fraction of sp³-hybridized carbons (Fsp3) is 0.273. The monoisotopic (exact) mass is 443 g/mol. The second-order valence-corrected chi connectivity index (χ2v) is 9.14. The number of anilines is 2. The summed E-state index contributed by atoms with van der Waals surface area (Å²) in [5, 5.41) is 5.42. The van der Waals surface area contributed by atoms with Crippen LogP contribution >= 0.6 is 0 Å².